The van der Waals surface area contributed by atoms with Gasteiger partial charge >= 0.3 is 0 Å². The summed E-state index contributed by atoms with van der Waals surface area (Å²) in [4.78, 5) is 13.4. The number of ether oxygens (including phenoxy) is 1. The third kappa shape index (κ3) is 4.14. The van der Waals surface area contributed by atoms with Crippen molar-refractivity contribution in [3.05, 3.63) is 29.8 Å². The van der Waals surface area contributed by atoms with E-state index in [9.17, 15) is 22.0 Å². The predicted molar refractivity (Wildman–Crippen MR) is 74.8 cm³/mol. The van der Waals surface area contributed by atoms with E-state index in [0.29, 0.717) is 6.07 Å². The van der Waals surface area contributed by atoms with Gasteiger partial charge < -0.3 is 9.64 Å². The minimum Gasteiger partial charge on any atom is -0.481 e. The van der Waals surface area contributed by atoms with Gasteiger partial charge in [-0.05, 0) is 12.1 Å². The average molecular weight is 334 g/mol. The molecule has 122 valence electrons. The van der Waals surface area contributed by atoms with Gasteiger partial charge in [-0.2, -0.15) is 4.31 Å². The SMILES string of the molecule is CS(=O)(=O)N1CCN(C(=O)COc2ccc(F)cc2F)CC1. The first kappa shape index (κ1) is 16.6. The fraction of sp³-hybridized carbons (Fsp3) is 0.462. The smallest absolute Gasteiger partial charge is 0.260 e. The van der Waals surface area contributed by atoms with Crippen LogP contribution in [0.25, 0.3) is 0 Å². The quantitative estimate of drug-likeness (QED) is 0.802. The Morgan fingerprint density at radius 1 is 1.23 bits per heavy atom. The van der Waals surface area contributed by atoms with E-state index in [2.05, 4.69) is 0 Å². The Balaban J connectivity index is 1.86. The van der Waals surface area contributed by atoms with Crippen LogP contribution in [0.15, 0.2) is 18.2 Å². The van der Waals surface area contributed by atoms with Gasteiger partial charge in [-0.15, -0.1) is 0 Å². The van der Waals surface area contributed by atoms with E-state index in [0.717, 1.165) is 18.4 Å². The zero-order valence-corrected chi connectivity index (χ0v) is 12.8. The molecule has 0 aromatic heterocycles. The fourth-order valence-corrected chi connectivity index (χ4v) is 2.92. The number of halogens is 2. The van der Waals surface area contributed by atoms with Gasteiger partial charge in [-0.25, -0.2) is 17.2 Å². The normalized spacial score (nSPS) is 16.6. The lowest BCUT2D eigenvalue weighted by Crippen LogP contribution is -2.51. The molecule has 0 atom stereocenters. The molecule has 1 aliphatic heterocycles. The fourth-order valence-electron chi connectivity index (χ4n) is 2.09. The molecule has 1 aromatic carbocycles. The zero-order valence-electron chi connectivity index (χ0n) is 12.0. The highest BCUT2D eigenvalue weighted by Crippen LogP contribution is 2.17. The van der Waals surface area contributed by atoms with Gasteiger partial charge in [0, 0.05) is 32.2 Å². The lowest BCUT2D eigenvalue weighted by Gasteiger charge is -2.33. The molecule has 2 rings (SSSR count). The number of piperazine rings is 1. The molecule has 1 fully saturated rings. The van der Waals surface area contributed by atoms with E-state index >= 15 is 0 Å². The summed E-state index contributed by atoms with van der Waals surface area (Å²) >= 11 is 0. The number of amides is 1. The first-order valence-corrected chi connectivity index (χ1v) is 8.43. The van der Waals surface area contributed by atoms with Crippen molar-refractivity contribution in [1.29, 1.82) is 0 Å². The maximum absolute atomic E-state index is 13.4. The zero-order chi connectivity index (χ0) is 16.3. The van der Waals surface area contributed by atoms with Gasteiger partial charge in [-0.1, -0.05) is 0 Å². The Labute approximate surface area is 127 Å². The summed E-state index contributed by atoms with van der Waals surface area (Å²) in [6.07, 6.45) is 1.12. The van der Waals surface area contributed by atoms with Crippen LogP contribution in [0.5, 0.6) is 5.75 Å². The average Bonchev–Trinajstić information content (AvgIpc) is 2.45. The van der Waals surface area contributed by atoms with Crippen molar-refractivity contribution in [3.8, 4) is 5.75 Å². The molecule has 1 aromatic rings. The Hall–Kier alpha value is -1.74. The molecule has 1 aliphatic rings. The Bertz CT molecular complexity index is 658. The van der Waals surface area contributed by atoms with Crippen molar-refractivity contribution < 1.29 is 26.7 Å². The number of carbonyl (C=O) groups is 1. The van der Waals surface area contributed by atoms with Crippen LogP contribution in [0, 0.1) is 11.6 Å². The van der Waals surface area contributed by atoms with Crippen molar-refractivity contribution in [1.82, 2.24) is 9.21 Å². The number of hydrogen-bond acceptors (Lipinski definition) is 4. The third-order valence-electron chi connectivity index (χ3n) is 3.31. The van der Waals surface area contributed by atoms with Crippen LogP contribution in [-0.4, -0.2) is 62.6 Å². The number of hydrogen-bond donors (Lipinski definition) is 0. The molecule has 0 aliphatic carbocycles. The van der Waals surface area contributed by atoms with Crippen molar-refractivity contribution in [2.45, 2.75) is 0 Å². The van der Waals surface area contributed by atoms with E-state index in [4.69, 9.17) is 4.74 Å². The molecule has 0 radical (unpaired) electrons. The number of sulfonamides is 1. The molecule has 0 saturated carbocycles. The largest absolute Gasteiger partial charge is 0.481 e. The third-order valence-corrected chi connectivity index (χ3v) is 4.61. The van der Waals surface area contributed by atoms with Crippen LogP contribution in [0.1, 0.15) is 0 Å². The highest BCUT2D eigenvalue weighted by molar-refractivity contribution is 7.88. The van der Waals surface area contributed by atoms with Gasteiger partial charge in [0.25, 0.3) is 5.91 Å². The van der Waals surface area contributed by atoms with E-state index < -0.39 is 21.7 Å². The van der Waals surface area contributed by atoms with E-state index in [1.54, 1.807) is 0 Å². The minimum atomic E-state index is -3.26. The summed E-state index contributed by atoms with van der Waals surface area (Å²) in [5.41, 5.74) is 0. The first-order valence-electron chi connectivity index (χ1n) is 6.58. The topological polar surface area (TPSA) is 66.9 Å². The molecule has 0 N–H and O–H groups in total. The molecule has 1 saturated heterocycles. The molecule has 0 bridgehead atoms. The molecule has 6 nitrogen and oxygen atoms in total. The summed E-state index contributed by atoms with van der Waals surface area (Å²) in [5, 5.41) is 0. The maximum atomic E-state index is 13.4. The van der Waals surface area contributed by atoms with E-state index in [-0.39, 0.29) is 44.4 Å². The summed E-state index contributed by atoms with van der Waals surface area (Å²) in [6.45, 7) is 0.550. The first-order chi connectivity index (χ1) is 10.3. The van der Waals surface area contributed by atoms with Gasteiger partial charge in [-0.3, -0.25) is 4.79 Å². The lowest BCUT2D eigenvalue weighted by molar-refractivity contribution is -0.134. The number of rotatable bonds is 4. The Morgan fingerprint density at radius 3 is 2.41 bits per heavy atom. The Morgan fingerprint density at radius 2 is 1.86 bits per heavy atom. The summed E-state index contributed by atoms with van der Waals surface area (Å²) < 4.78 is 55.2. The maximum Gasteiger partial charge on any atom is 0.260 e. The van der Waals surface area contributed by atoms with Crippen molar-refractivity contribution in [3.63, 3.8) is 0 Å². The van der Waals surface area contributed by atoms with Gasteiger partial charge in [0.15, 0.2) is 18.2 Å². The number of carbonyl (C=O) groups excluding carboxylic acids is 1. The van der Waals surface area contributed by atoms with Crippen molar-refractivity contribution >= 4 is 15.9 Å². The number of nitrogens with zero attached hydrogens (tertiary/aromatic N) is 2. The molecule has 0 unspecified atom stereocenters. The Kier molecular flexibility index (Phi) is 4.97. The second-order valence-electron chi connectivity index (χ2n) is 4.91. The van der Waals surface area contributed by atoms with Crippen molar-refractivity contribution in [2.75, 3.05) is 39.0 Å². The van der Waals surface area contributed by atoms with Gasteiger partial charge in [0.2, 0.25) is 10.0 Å². The molecule has 0 spiro atoms. The van der Waals surface area contributed by atoms with Crippen LogP contribution < -0.4 is 4.74 Å². The van der Waals surface area contributed by atoms with E-state index in [1.807, 2.05) is 0 Å². The second-order valence-corrected chi connectivity index (χ2v) is 6.89. The van der Waals surface area contributed by atoms with Crippen molar-refractivity contribution in [2.24, 2.45) is 0 Å². The van der Waals surface area contributed by atoms with Gasteiger partial charge in [0.1, 0.15) is 5.82 Å². The van der Waals surface area contributed by atoms with Crippen LogP contribution in [-0.2, 0) is 14.8 Å². The summed E-state index contributed by atoms with van der Waals surface area (Å²) in [7, 11) is -3.26. The monoisotopic (exact) mass is 334 g/mol. The molecular weight excluding hydrogens is 318 g/mol. The predicted octanol–water partition coefficient (Wildman–Crippen LogP) is 0.447. The molecule has 22 heavy (non-hydrogen) atoms. The minimum absolute atomic E-state index is 0.204. The second kappa shape index (κ2) is 6.57. The molecular formula is C13H16F2N2O4S. The molecule has 1 amide bonds. The summed E-state index contributed by atoms with van der Waals surface area (Å²) in [5.74, 6) is -2.19. The van der Waals surface area contributed by atoms with Crippen LogP contribution in [0.4, 0.5) is 8.78 Å². The van der Waals surface area contributed by atoms with Crippen LogP contribution in [0.3, 0.4) is 0 Å². The highest BCUT2D eigenvalue weighted by atomic mass is 32.2. The molecule has 1 heterocycles. The van der Waals surface area contributed by atoms with Crippen LogP contribution >= 0.6 is 0 Å². The summed E-state index contributed by atoms with van der Waals surface area (Å²) in [6, 6.07) is 2.82. The standard InChI is InChI=1S/C13H16F2N2O4S/c1-22(19,20)17-6-4-16(5-7-17)13(18)9-21-12-3-2-10(14)8-11(12)15/h2-3,8H,4-7,9H2,1H3. The lowest BCUT2D eigenvalue weighted by atomic mass is 10.3. The van der Waals surface area contributed by atoms with E-state index in [1.165, 1.54) is 9.21 Å². The van der Waals surface area contributed by atoms with Crippen LogP contribution in [0.2, 0.25) is 0 Å². The van der Waals surface area contributed by atoms with Gasteiger partial charge in [0.05, 0.1) is 6.26 Å². The highest BCUT2D eigenvalue weighted by Gasteiger charge is 2.26. The molecule has 9 heteroatoms. The number of benzene rings is 1.